The van der Waals surface area contributed by atoms with E-state index in [1.165, 1.54) is 6.92 Å². The Balaban J connectivity index is 1.76. The first kappa shape index (κ1) is 28.2. The molecule has 2 aromatic rings. The summed E-state index contributed by atoms with van der Waals surface area (Å²) in [5.41, 5.74) is -3.02. The maximum atomic E-state index is 13.8. The number of esters is 1. The number of nitrogens with zero attached hydrogens (tertiary/aromatic N) is 2. The van der Waals surface area contributed by atoms with Crippen LogP contribution in [0.2, 0.25) is 0 Å². The Kier molecular flexibility index (Phi) is 7.50. The van der Waals surface area contributed by atoms with Crippen molar-refractivity contribution in [3.05, 3.63) is 76.4 Å². The SMILES string of the molecule is CC(=O)OCC1(C)CC(c2ccccc2)=C2C(=O)N(Cc3cc(C(F)(F)F)cc(C(F)(F)F)c3)CCOC2=N1. The number of carbonyl (C=O) groups is 2. The molecule has 4 rings (SSSR count). The standard InChI is InChI=1S/C27H24F6N2O4/c1-16(36)39-15-25(2)13-21(18-6-4-3-5-7-18)22-23(34-25)38-9-8-35(24(22)37)14-17-10-19(26(28,29)30)12-20(11-17)27(31,32)33/h3-7,10-12H,8-9,13-15H2,1-2H3. The molecule has 208 valence electrons. The van der Waals surface area contributed by atoms with E-state index in [4.69, 9.17) is 9.47 Å². The normalized spacial score (nSPS) is 20.2. The summed E-state index contributed by atoms with van der Waals surface area (Å²) in [5.74, 6) is -1.19. The lowest BCUT2D eigenvalue weighted by Crippen LogP contribution is -2.39. The molecular formula is C27H24F6N2O4. The summed E-state index contributed by atoms with van der Waals surface area (Å²) in [5, 5.41) is 0. The number of halogens is 6. The van der Waals surface area contributed by atoms with Gasteiger partial charge in [-0.3, -0.25) is 9.59 Å². The fourth-order valence-corrected chi connectivity index (χ4v) is 4.48. The minimum absolute atomic E-state index is 0.0257. The number of alkyl halides is 6. The third-order valence-corrected chi connectivity index (χ3v) is 6.28. The Morgan fingerprint density at radius 1 is 1.05 bits per heavy atom. The summed E-state index contributed by atoms with van der Waals surface area (Å²) in [4.78, 5) is 30.9. The van der Waals surface area contributed by atoms with Crippen molar-refractivity contribution >= 4 is 23.3 Å². The number of hydrogen-bond donors (Lipinski definition) is 0. The number of benzene rings is 2. The van der Waals surface area contributed by atoms with Crippen molar-refractivity contribution in [2.75, 3.05) is 19.8 Å². The lowest BCUT2D eigenvalue weighted by atomic mass is 9.84. The second-order valence-corrected chi connectivity index (χ2v) is 9.58. The zero-order valence-electron chi connectivity index (χ0n) is 20.9. The molecule has 1 atom stereocenters. The number of rotatable bonds is 5. The van der Waals surface area contributed by atoms with E-state index in [-0.39, 0.29) is 49.3 Å². The number of dihydropyridines is 1. The molecule has 2 heterocycles. The zero-order chi connectivity index (χ0) is 28.6. The maximum absolute atomic E-state index is 13.8. The van der Waals surface area contributed by atoms with E-state index in [1.807, 2.05) is 0 Å². The van der Waals surface area contributed by atoms with E-state index in [1.54, 1.807) is 37.3 Å². The van der Waals surface area contributed by atoms with Crippen molar-refractivity contribution < 1.29 is 45.4 Å². The van der Waals surface area contributed by atoms with Gasteiger partial charge in [0, 0.05) is 19.9 Å². The molecule has 1 unspecified atom stereocenters. The van der Waals surface area contributed by atoms with Crippen LogP contribution in [0.4, 0.5) is 26.3 Å². The van der Waals surface area contributed by atoms with Crippen LogP contribution >= 0.6 is 0 Å². The van der Waals surface area contributed by atoms with E-state index in [0.717, 1.165) is 4.90 Å². The Morgan fingerprint density at radius 2 is 1.67 bits per heavy atom. The van der Waals surface area contributed by atoms with Crippen molar-refractivity contribution in [2.24, 2.45) is 4.99 Å². The van der Waals surface area contributed by atoms with Gasteiger partial charge in [0.25, 0.3) is 5.91 Å². The second-order valence-electron chi connectivity index (χ2n) is 9.58. The van der Waals surface area contributed by atoms with Gasteiger partial charge in [-0.05, 0) is 41.8 Å². The van der Waals surface area contributed by atoms with Crippen LogP contribution in [-0.4, -0.2) is 48.0 Å². The summed E-state index contributed by atoms with van der Waals surface area (Å²) < 4.78 is 91.2. The number of aliphatic imine (C=N–C) groups is 1. The fourth-order valence-electron chi connectivity index (χ4n) is 4.48. The molecule has 6 nitrogen and oxygen atoms in total. The van der Waals surface area contributed by atoms with Crippen molar-refractivity contribution in [2.45, 2.75) is 44.7 Å². The predicted octanol–water partition coefficient (Wildman–Crippen LogP) is 5.66. The van der Waals surface area contributed by atoms with Crippen LogP contribution in [0.25, 0.3) is 5.57 Å². The monoisotopic (exact) mass is 554 g/mol. The van der Waals surface area contributed by atoms with E-state index in [2.05, 4.69) is 4.99 Å². The van der Waals surface area contributed by atoms with Gasteiger partial charge in [-0.25, -0.2) is 4.99 Å². The average Bonchev–Trinajstić information content (AvgIpc) is 3.00. The van der Waals surface area contributed by atoms with Gasteiger partial charge in [0.05, 0.1) is 23.2 Å². The van der Waals surface area contributed by atoms with Crippen molar-refractivity contribution in [3.63, 3.8) is 0 Å². The lowest BCUT2D eigenvalue weighted by Gasteiger charge is -2.32. The molecule has 2 aliphatic rings. The molecule has 0 N–H and O–H groups in total. The molecule has 39 heavy (non-hydrogen) atoms. The van der Waals surface area contributed by atoms with Gasteiger partial charge in [-0.1, -0.05) is 30.3 Å². The molecule has 0 aromatic heterocycles. The summed E-state index contributed by atoms with van der Waals surface area (Å²) >= 11 is 0. The first-order valence-electron chi connectivity index (χ1n) is 11.9. The van der Waals surface area contributed by atoms with Gasteiger partial charge in [-0.15, -0.1) is 0 Å². The number of amides is 1. The third-order valence-electron chi connectivity index (χ3n) is 6.28. The van der Waals surface area contributed by atoms with E-state index < -0.39 is 47.4 Å². The number of fused-ring (bicyclic) bond motifs is 1. The summed E-state index contributed by atoms with van der Waals surface area (Å²) in [6, 6.07) is 10.0. The van der Waals surface area contributed by atoms with Crippen LogP contribution < -0.4 is 0 Å². The number of carbonyl (C=O) groups excluding carboxylic acids is 2. The van der Waals surface area contributed by atoms with Gasteiger partial charge >= 0.3 is 18.3 Å². The van der Waals surface area contributed by atoms with Crippen LogP contribution in [0.1, 0.15) is 42.5 Å². The van der Waals surface area contributed by atoms with Crippen molar-refractivity contribution in [1.82, 2.24) is 4.90 Å². The van der Waals surface area contributed by atoms with E-state index in [9.17, 15) is 35.9 Å². The maximum Gasteiger partial charge on any atom is 0.416 e. The van der Waals surface area contributed by atoms with Crippen LogP contribution in [0.3, 0.4) is 0 Å². The van der Waals surface area contributed by atoms with Gasteiger partial charge in [0.1, 0.15) is 18.8 Å². The smallest absolute Gasteiger partial charge is 0.416 e. The molecule has 1 saturated heterocycles. The summed E-state index contributed by atoms with van der Waals surface area (Å²) in [7, 11) is 0. The lowest BCUT2D eigenvalue weighted by molar-refractivity contribution is -0.144. The fraction of sp³-hybridized carbons (Fsp3) is 0.370. The molecule has 0 radical (unpaired) electrons. The highest BCUT2D eigenvalue weighted by Crippen LogP contribution is 2.39. The van der Waals surface area contributed by atoms with Crippen molar-refractivity contribution in [3.8, 4) is 0 Å². The zero-order valence-corrected chi connectivity index (χ0v) is 20.9. The van der Waals surface area contributed by atoms with Gasteiger partial charge in [-0.2, -0.15) is 26.3 Å². The molecule has 1 fully saturated rings. The Labute approximate surface area is 219 Å². The summed E-state index contributed by atoms with van der Waals surface area (Å²) in [6.07, 6.45) is -9.87. The highest BCUT2D eigenvalue weighted by Gasteiger charge is 2.41. The largest absolute Gasteiger partial charge is 0.475 e. The van der Waals surface area contributed by atoms with E-state index >= 15 is 0 Å². The molecule has 2 aliphatic heterocycles. The molecule has 0 aliphatic carbocycles. The molecule has 0 bridgehead atoms. The first-order valence-corrected chi connectivity index (χ1v) is 11.9. The number of hydrogen-bond acceptors (Lipinski definition) is 5. The Hall–Kier alpha value is -3.83. The molecule has 0 spiro atoms. The molecular weight excluding hydrogens is 530 g/mol. The summed E-state index contributed by atoms with van der Waals surface area (Å²) in [6.45, 7) is 2.15. The Bertz CT molecular complexity index is 1300. The highest BCUT2D eigenvalue weighted by molar-refractivity contribution is 6.25. The van der Waals surface area contributed by atoms with Gasteiger partial charge in [0.15, 0.2) is 0 Å². The molecule has 0 saturated carbocycles. The van der Waals surface area contributed by atoms with Crippen LogP contribution in [0, 0.1) is 0 Å². The highest BCUT2D eigenvalue weighted by atomic mass is 19.4. The molecule has 1 amide bonds. The van der Waals surface area contributed by atoms with Gasteiger partial charge < -0.3 is 14.4 Å². The topological polar surface area (TPSA) is 68.2 Å². The minimum atomic E-state index is -5.01. The van der Waals surface area contributed by atoms with Gasteiger partial charge in [0.2, 0.25) is 5.90 Å². The van der Waals surface area contributed by atoms with E-state index in [0.29, 0.717) is 23.3 Å². The second kappa shape index (κ2) is 10.4. The van der Waals surface area contributed by atoms with Crippen molar-refractivity contribution in [1.29, 1.82) is 0 Å². The average molecular weight is 554 g/mol. The predicted molar refractivity (Wildman–Crippen MR) is 128 cm³/mol. The first-order chi connectivity index (χ1) is 18.2. The quantitative estimate of drug-likeness (QED) is 0.354. The minimum Gasteiger partial charge on any atom is -0.475 e. The number of ether oxygens (including phenoxy) is 2. The van der Waals surface area contributed by atoms with Crippen LogP contribution in [0.5, 0.6) is 0 Å². The Morgan fingerprint density at radius 3 is 2.23 bits per heavy atom. The van der Waals surface area contributed by atoms with Crippen LogP contribution in [-0.2, 0) is 38.0 Å². The third kappa shape index (κ3) is 6.43. The molecule has 12 heteroatoms. The molecule has 2 aromatic carbocycles. The van der Waals surface area contributed by atoms with Crippen LogP contribution in [0.15, 0.2) is 59.1 Å².